The monoisotopic (exact) mass is 409 g/mol. The third-order valence-electron chi connectivity index (χ3n) is 2.85. The molecule has 2 rings (SSSR count). The van der Waals surface area contributed by atoms with Gasteiger partial charge in [-0.2, -0.15) is 0 Å². The maximum atomic E-state index is 11.7. The molecule has 0 atom stereocenters. The summed E-state index contributed by atoms with van der Waals surface area (Å²) in [6.07, 6.45) is 0. The van der Waals surface area contributed by atoms with Crippen molar-refractivity contribution in [1.82, 2.24) is 10.6 Å². The number of halogens is 1. The zero-order chi connectivity index (χ0) is 15.8. The van der Waals surface area contributed by atoms with E-state index >= 15 is 0 Å². The number of anilines is 1. The topological polar surface area (TPSA) is 70.2 Å². The van der Waals surface area contributed by atoms with Crippen LogP contribution in [0.15, 0.2) is 54.6 Å². The quantitative estimate of drug-likeness (QED) is 0.666. The summed E-state index contributed by atoms with van der Waals surface area (Å²) in [5.41, 5.74) is 1.81. The minimum atomic E-state index is -0.502. The molecule has 3 amide bonds. The number of hydrogen-bond acceptors (Lipinski definition) is 3. The smallest absolute Gasteiger partial charge is 0.321 e. The predicted octanol–water partition coefficient (Wildman–Crippen LogP) is 2.73. The van der Waals surface area contributed by atoms with E-state index in [2.05, 4.69) is 38.5 Å². The van der Waals surface area contributed by atoms with Crippen molar-refractivity contribution in [2.45, 2.75) is 6.54 Å². The van der Waals surface area contributed by atoms with Crippen molar-refractivity contribution in [2.75, 3.05) is 11.9 Å². The number of benzene rings is 2. The molecule has 0 fully saturated rings. The van der Waals surface area contributed by atoms with Gasteiger partial charge in [-0.15, -0.1) is 0 Å². The minimum Gasteiger partial charge on any atom is -0.376 e. The molecule has 0 aromatic heterocycles. The van der Waals surface area contributed by atoms with Crippen LogP contribution in [0, 0.1) is 3.57 Å². The number of amides is 3. The Bertz CT molecular complexity index is 630. The first-order chi connectivity index (χ1) is 10.6. The normalized spacial score (nSPS) is 9.86. The van der Waals surface area contributed by atoms with Gasteiger partial charge in [-0.1, -0.05) is 30.3 Å². The van der Waals surface area contributed by atoms with E-state index in [9.17, 15) is 9.59 Å². The first kappa shape index (κ1) is 16.3. The van der Waals surface area contributed by atoms with E-state index < -0.39 is 6.03 Å². The van der Waals surface area contributed by atoms with Crippen LogP contribution in [0.3, 0.4) is 0 Å². The zero-order valence-corrected chi connectivity index (χ0v) is 14.0. The Morgan fingerprint density at radius 3 is 2.32 bits per heavy atom. The lowest BCUT2D eigenvalue weighted by Gasteiger charge is -2.08. The molecule has 114 valence electrons. The van der Waals surface area contributed by atoms with Crippen LogP contribution < -0.4 is 16.0 Å². The summed E-state index contributed by atoms with van der Waals surface area (Å²) in [5.74, 6) is -0.385. The molecular formula is C16H16IN3O2. The number of carbonyl (C=O) groups is 2. The Morgan fingerprint density at radius 1 is 0.955 bits per heavy atom. The van der Waals surface area contributed by atoms with Gasteiger partial charge in [0.15, 0.2) is 0 Å². The SMILES string of the molecule is O=C(CNc1ccc(I)cc1)NC(=O)NCc1ccccc1. The van der Waals surface area contributed by atoms with Crippen LogP contribution in [0.2, 0.25) is 0 Å². The fourth-order valence-electron chi connectivity index (χ4n) is 1.74. The molecule has 6 heteroatoms. The first-order valence-corrected chi connectivity index (χ1v) is 7.82. The van der Waals surface area contributed by atoms with Gasteiger partial charge in [0.1, 0.15) is 0 Å². The highest BCUT2D eigenvalue weighted by Gasteiger charge is 2.07. The fourth-order valence-corrected chi connectivity index (χ4v) is 2.10. The average Bonchev–Trinajstić information content (AvgIpc) is 2.53. The second kappa shape index (κ2) is 8.38. The van der Waals surface area contributed by atoms with E-state index in [0.717, 1.165) is 14.8 Å². The van der Waals surface area contributed by atoms with E-state index in [4.69, 9.17) is 0 Å². The average molecular weight is 409 g/mol. The molecule has 0 aliphatic heterocycles. The lowest BCUT2D eigenvalue weighted by Crippen LogP contribution is -2.41. The van der Waals surface area contributed by atoms with Gasteiger partial charge in [-0.3, -0.25) is 10.1 Å². The summed E-state index contributed by atoms with van der Waals surface area (Å²) >= 11 is 2.21. The highest BCUT2D eigenvalue weighted by Crippen LogP contribution is 2.10. The Kier molecular flexibility index (Phi) is 6.20. The highest BCUT2D eigenvalue weighted by atomic mass is 127. The molecule has 0 saturated heterocycles. The van der Waals surface area contributed by atoms with Crippen molar-refractivity contribution >= 4 is 40.2 Å². The van der Waals surface area contributed by atoms with Crippen LogP contribution in [0.4, 0.5) is 10.5 Å². The number of urea groups is 1. The molecule has 0 unspecified atom stereocenters. The van der Waals surface area contributed by atoms with Crippen LogP contribution in [0.5, 0.6) is 0 Å². The van der Waals surface area contributed by atoms with E-state index in [1.54, 1.807) is 0 Å². The first-order valence-electron chi connectivity index (χ1n) is 6.74. The van der Waals surface area contributed by atoms with Gasteiger partial charge in [0.25, 0.3) is 0 Å². The Hall–Kier alpha value is -2.09. The lowest BCUT2D eigenvalue weighted by molar-refractivity contribution is -0.118. The van der Waals surface area contributed by atoms with Gasteiger partial charge in [-0.05, 0) is 52.4 Å². The van der Waals surface area contributed by atoms with Gasteiger partial charge < -0.3 is 10.6 Å². The summed E-state index contributed by atoms with van der Waals surface area (Å²) in [7, 11) is 0. The van der Waals surface area contributed by atoms with Gasteiger partial charge in [0, 0.05) is 15.8 Å². The van der Waals surface area contributed by atoms with Gasteiger partial charge in [-0.25, -0.2) is 4.79 Å². The largest absolute Gasteiger partial charge is 0.376 e. The van der Waals surface area contributed by atoms with Gasteiger partial charge in [0.2, 0.25) is 5.91 Å². The molecule has 0 saturated carbocycles. The second-order valence-electron chi connectivity index (χ2n) is 4.58. The third-order valence-corrected chi connectivity index (χ3v) is 3.57. The Morgan fingerprint density at radius 2 is 1.64 bits per heavy atom. The number of carbonyl (C=O) groups excluding carboxylic acids is 2. The van der Waals surface area contributed by atoms with Crippen LogP contribution in [0.1, 0.15) is 5.56 Å². The standard InChI is InChI=1S/C16H16IN3O2/c17-13-6-8-14(9-7-13)18-11-15(21)20-16(22)19-10-12-4-2-1-3-5-12/h1-9,18H,10-11H2,(H2,19,20,21,22). The summed E-state index contributed by atoms with van der Waals surface area (Å²) in [6, 6.07) is 16.6. The second-order valence-corrected chi connectivity index (χ2v) is 5.82. The number of hydrogen-bond donors (Lipinski definition) is 3. The van der Waals surface area contributed by atoms with Crippen LogP contribution in [-0.2, 0) is 11.3 Å². The predicted molar refractivity (Wildman–Crippen MR) is 94.5 cm³/mol. The van der Waals surface area contributed by atoms with Crippen molar-refractivity contribution in [3.8, 4) is 0 Å². The number of imide groups is 1. The van der Waals surface area contributed by atoms with Crippen molar-refractivity contribution in [1.29, 1.82) is 0 Å². The van der Waals surface area contributed by atoms with Crippen LogP contribution >= 0.6 is 22.6 Å². The summed E-state index contributed by atoms with van der Waals surface area (Å²) in [5, 5.41) is 7.87. The van der Waals surface area contributed by atoms with Crippen molar-refractivity contribution in [3.05, 3.63) is 63.7 Å². The van der Waals surface area contributed by atoms with E-state index in [0.29, 0.717) is 6.54 Å². The molecule has 0 radical (unpaired) electrons. The Balaban J connectivity index is 1.70. The third kappa shape index (κ3) is 5.72. The van der Waals surface area contributed by atoms with Gasteiger partial charge >= 0.3 is 6.03 Å². The molecule has 0 spiro atoms. The van der Waals surface area contributed by atoms with E-state index in [-0.39, 0.29) is 12.5 Å². The van der Waals surface area contributed by atoms with E-state index in [1.807, 2.05) is 54.6 Å². The summed E-state index contributed by atoms with van der Waals surface area (Å²) in [4.78, 5) is 23.3. The summed E-state index contributed by atoms with van der Waals surface area (Å²) < 4.78 is 1.12. The van der Waals surface area contributed by atoms with Crippen molar-refractivity contribution < 1.29 is 9.59 Å². The van der Waals surface area contributed by atoms with Gasteiger partial charge in [0.05, 0.1) is 6.54 Å². The molecule has 2 aromatic carbocycles. The Labute approximate surface area is 142 Å². The maximum Gasteiger partial charge on any atom is 0.321 e. The molecule has 2 aromatic rings. The molecule has 0 aliphatic carbocycles. The highest BCUT2D eigenvalue weighted by molar-refractivity contribution is 14.1. The van der Waals surface area contributed by atoms with Crippen molar-refractivity contribution in [3.63, 3.8) is 0 Å². The molecule has 0 bridgehead atoms. The molecule has 5 nitrogen and oxygen atoms in total. The molecular weight excluding hydrogens is 393 g/mol. The fraction of sp³-hybridized carbons (Fsp3) is 0.125. The maximum absolute atomic E-state index is 11.7. The van der Waals surface area contributed by atoms with Crippen LogP contribution in [-0.4, -0.2) is 18.5 Å². The number of nitrogens with one attached hydrogen (secondary N) is 3. The molecule has 0 aliphatic rings. The number of rotatable bonds is 5. The molecule has 0 heterocycles. The molecule has 3 N–H and O–H groups in total. The van der Waals surface area contributed by atoms with Crippen molar-refractivity contribution in [2.24, 2.45) is 0 Å². The summed E-state index contributed by atoms with van der Waals surface area (Å²) in [6.45, 7) is 0.420. The molecule has 22 heavy (non-hydrogen) atoms. The minimum absolute atomic E-state index is 0.0410. The lowest BCUT2D eigenvalue weighted by atomic mass is 10.2. The van der Waals surface area contributed by atoms with Crippen LogP contribution in [0.25, 0.3) is 0 Å². The zero-order valence-electron chi connectivity index (χ0n) is 11.8. The van der Waals surface area contributed by atoms with E-state index in [1.165, 1.54) is 0 Å².